The Hall–Kier alpha value is -2.25. The second-order valence-corrected chi connectivity index (χ2v) is 4.47. The molecule has 3 nitrogen and oxygen atoms in total. The van der Waals surface area contributed by atoms with Crippen molar-refractivity contribution in [2.75, 3.05) is 0 Å². The summed E-state index contributed by atoms with van der Waals surface area (Å²) in [4.78, 5) is 8.35. The fourth-order valence-corrected chi connectivity index (χ4v) is 2.33. The van der Waals surface area contributed by atoms with Crippen LogP contribution in [0.4, 0.5) is 0 Å². The molecule has 3 rings (SSSR count). The molecule has 0 unspecified atom stereocenters. The number of fused-ring (bicyclic) bond motifs is 1. The molecule has 2 heterocycles. The van der Waals surface area contributed by atoms with E-state index in [2.05, 4.69) is 16.0 Å². The third-order valence-corrected chi connectivity index (χ3v) is 3.35. The number of thiazole rings is 1. The molecule has 0 aliphatic carbocycles. The molecule has 0 aliphatic rings. The van der Waals surface area contributed by atoms with Crippen molar-refractivity contribution >= 4 is 21.6 Å². The summed E-state index contributed by atoms with van der Waals surface area (Å²) in [5, 5.41) is 8.69. The second-order valence-electron chi connectivity index (χ2n) is 3.58. The first-order valence-corrected chi connectivity index (χ1v) is 5.94. The predicted molar refractivity (Wildman–Crippen MR) is 67.6 cm³/mol. The molecule has 2 aromatic heterocycles. The smallest absolute Gasteiger partial charge is 0.140 e. The van der Waals surface area contributed by atoms with E-state index in [1.54, 1.807) is 23.6 Å². The minimum atomic E-state index is 0.434. The van der Waals surface area contributed by atoms with Crippen LogP contribution in [-0.2, 0) is 0 Å². The van der Waals surface area contributed by atoms with Gasteiger partial charge in [0.2, 0.25) is 0 Å². The molecule has 0 atom stereocenters. The lowest BCUT2D eigenvalue weighted by molar-refractivity contribution is 1.27. The fraction of sp³-hybridized carbons (Fsp3) is 0. The van der Waals surface area contributed by atoms with Crippen molar-refractivity contribution in [2.45, 2.75) is 0 Å². The van der Waals surface area contributed by atoms with Crippen molar-refractivity contribution in [3.63, 3.8) is 0 Å². The number of hydrogen-bond acceptors (Lipinski definition) is 4. The van der Waals surface area contributed by atoms with E-state index in [4.69, 9.17) is 5.26 Å². The van der Waals surface area contributed by atoms with Gasteiger partial charge in [-0.25, -0.2) is 9.97 Å². The number of nitriles is 1. The Kier molecular flexibility index (Phi) is 2.32. The van der Waals surface area contributed by atoms with Gasteiger partial charge in [0.05, 0.1) is 15.7 Å². The van der Waals surface area contributed by atoms with Crippen LogP contribution in [0, 0.1) is 11.3 Å². The Morgan fingerprint density at radius 2 is 1.94 bits per heavy atom. The first-order chi connectivity index (χ1) is 8.36. The molecule has 4 heteroatoms. The molecule has 0 aliphatic heterocycles. The van der Waals surface area contributed by atoms with Crippen LogP contribution in [0.1, 0.15) is 5.69 Å². The first-order valence-electron chi connectivity index (χ1n) is 5.06. The predicted octanol–water partition coefficient (Wildman–Crippen LogP) is 3.23. The number of nitrogens with zero attached hydrogens (tertiary/aromatic N) is 3. The highest BCUT2D eigenvalue weighted by atomic mass is 32.1. The third kappa shape index (κ3) is 1.77. The summed E-state index contributed by atoms with van der Waals surface area (Å²) >= 11 is 1.63. The van der Waals surface area contributed by atoms with Gasteiger partial charge in [-0.05, 0) is 29.8 Å². The lowest BCUT2D eigenvalue weighted by atomic mass is 10.1. The van der Waals surface area contributed by atoms with Gasteiger partial charge in [-0.15, -0.1) is 11.3 Å². The molecule has 17 heavy (non-hydrogen) atoms. The Labute approximate surface area is 102 Å². The molecule has 3 aromatic rings. The van der Waals surface area contributed by atoms with Gasteiger partial charge in [-0.1, -0.05) is 6.07 Å². The SMILES string of the molecule is N#Cc1ccc(-c2ccc3scnc3c2)cn1. The average Bonchev–Trinajstić information content (AvgIpc) is 2.86. The highest BCUT2D eigenvalue weighted by molar-refractivity contribution is 7.16. The molecule has 0 fully saturated rings. The van der Waals surface area contributed by atoms with Crippen LogP contribution in [0.15, 0.2) is 42.0 Å². The average molecular weight is 237 g/mol. The summed E-state index contributed by atoms with van der Waals surface area (Å²) < 4.78 is 1.18. The van der Waals surface area contributed by atoms with Crippen molar-refractivity contribution in [2.24, 2.45) is 0 Å². The maximum absolute atomic E-state index is 8.69. The van der Waals surface area contributed by atoms with Gasteiger partial charge in [0.25, 0.3) is 0 Å². The van der Waals surface area contributed by atoms with E-state index in [0.717, 1.165) is 16.6 Å². The molecule has 0 saturated carbocycles. The summed E-state index contributed by atoms with van der Waals surface area (Å²) in [6.07, 6.45) is 1.71. The molecular weight excluding hydrogens is 230 g/mol. The topological polar surface area (TPSA) is 49.6 Å². The molecule has 0 amide bonds. The highest BCUT2D eigenvalue weighted by Gasteiger charge is 2.02. The molecule has 0 saturated heterocycles. The van der Waals surface area contributed by atoms with Crippen LogP contribution in [0.2, 0.25) is 0 Å². The molecule has 80 valence electrons. The van der Waals surface area contributed by atoms with Crippen LogP contribution in [0.3, 0.4) is 0 Å². The quantitative estimate of drug-likeness (QED) is 0.652. The molecule has 0 N–H and O–H groups in total. The normalized spacial score (nSPS) is 10.3. The minimum Gasteiger partial charge on any atom is -0.245 e. The van der Waals surface area contributed by atoms with Crippen LogP contribution in [-0.4, -0.2) is 9.97 Å². The van der Waals surface area contributed by atoms with Crippen LogP contribution >= 0.6 is 11.3 Å². The van der Waals surface area contributed by atoms with Gasteiger partial charge in [0.15, 0.2) is 0 Å². The van der Waals surface area contributed by atoms with Crippen molar-refractivity contribution in [3.8, 4) is 17.2 Å². The zero-order valence-corrected chi connectivity index (χ0v) is 9.61. The van der Waals surface area contributed by atoms with Gasteiger partial charge >= 0.3 is 0 Å². The van der Waals surface area contributed by atoms with Crippen molar-refractivity contribution < 1.29 is 0 Å². The molecule has 0 spiro atoms. The Morgan fingerprint density at radius 3 is 2.71 bits per heavy atom. The van der Waals surface area contributed by atoms with Gasteiger partial charge in [0, 0.05) is 11.8 Å². The summed E-state index contributed by atoms with van der Waals surface area (Å²) in [6.45, 7) is 0. The van der Waals surface area contributed by atoms with E-state index >= 15 is 0 Å². The summed E-state index contributed by atoms with van der Waals surface area (Å²) in [5.74, 6) is 0. The number of rotatable bonds is 1. The molecule has 1 aromatic carbocycles. The standard InChI is InChI=1S/C13H7N3S/c14-6-11-3-1-10(7-15-11)9-2-4-13-12(5-9)16-8-17-13/h1-5,7-8H. The van der Waals surface area contributed by atoms with Crippen molar-refractivity contribution in [3.05, 3.63) is 47.7 Å². The number of pyridine rings is 1. The Bertz CT molecular complexity index is 707. The summed E-state index contributed by atoms with van der Waals surface area (Å²) in [5.41, 5.74) is 5.34. The molecular formula is C13H7N3S. The van der Waals surface area contributed by atoms with E-state index in [0.29, 0.717) is 5.69 Å². The van der Waals surface area contributed by atoms with Gasteiger partial charge < -0.3 is 0 Å². The van der Waals surface area contributed by atoms with Crippen LogP contribution < -0.4 is 0 Å². The van der Waals surface area contributed by atoms with E-state index in [1.165, 1.54) is 4.70 Å². The Balaban J connectivity index is 2.10. The van der Waals surface area contributed by atoms with E-state index in [1.807, 2.05) is 29.8 Å². The van der Waals surface area contributed by atoms with Crippen LogP contribution in [0.5, 0.6) is 0 Å². The van der Waals surface area contributed by atoms with Gasteiger partial charge in [0.1, 0.15) is 11.8 Å². The van der Waals surface area contributed by atoms with Crippen LogP contribution in [0.25, 0.3) is 21.3 Å². The summed E-state index contributed by atoms with van der Waals surface area (Å²) in [7, 11) is 0. The number of hydrogen-bond donors (Lipinski definition) is 0. The lowest BCUT2D eigenvalue weighted by Crippen LogP contribution is -1.83. The van der Waals surface area contributed by atoms with Gasteiger partial charge in [-0.2, -0.15) is 5.26 Å². The monoisotopic (exact) mass is 237 g/mol. The second kappa shape index (κ2) is 3.96. The number of aromatic nitrogens is 2. The van der Waals surface area contributed by atoms with Gasteiger partial charge in [-0.3, -0.25) is 0 Å². The maximum Gasteiger partial charge on any atom is 0.140 e. The van der Waals surface area contributed by atoms with E-state index in [-0.39, 0.29) is 0 Å². The third-order valence-electron chi connectivity index (χ3n) is 2.54. The lowest BCUT2D eigenvalue weighted by Gasteiger charge is -2.00. The number of benzene rings is 1. The highest BCUT2D eigenvalue weighted by Crippen LogP contribution is 2.25. The van der Waals surface area contributed by atoms with Crippen molar-refractivity contribution in [1.29, 1.82) is 5.26 Å². The minimum absolute atomic E-state index is 0.434. The first kappa shape index (κ1) is 9.94. The Morgan fingerprint density at radius 1 is 1.06 bits per heavy atom. The summed E-state index contributed by atoms with van der Waals surface area (Å²) in [6, 6.07) is 11.8. The zero-order valence-electron chi connectivity index (χ0n) is 8.79. The van der Waals surface area contributed by atoms with E-state index in [9.17, 15) is 0 Å². The fourth-order valence-electron chi connectivity index (χ4n) is 1.67. The molecule has 0 radical (unpaired) electrons. The zero-order chi connectivity index (χ0) is 11.7. The maximum atomic E-state index is 8.69. The molecule has 0 bridgehead atoms. The largest absolute Gasteiger partial charge is 0.245 e. The van der Waals surface area contributed by atoms with Crippen molar-refractivity contribution in [1.82, 2.24) is 9.97 Å². The van der Waals surface area contributed by atoms with E-state index < -0.39 is 0 Å².